The SMILES string of the molecule is COc1ccc(C(=O)N2CCCC(Oc3ncc(Cl)cn3)C2)cn1. The quantitative estimate of drug-likeness (QED) is 0.843. The second-order valence-corrected chi connectivity index (χ2v) is 5.84. The zero-order valence-electron chi connectivity index (χ0n) is 13.2. The lowest BCUT2D eigenvalue weighted by molar-refractivity contribution is 0.0515. The monoisotopic (exact) mass is 348 g/mol. The summed E-state index contributed by atoms with van der Waals surface area (Å²) in [6.45, 7) is 1.17. The topological polar surface area (TPSA) is 77.4 Å². The number of hydrogen-bond donors (Lipinski definition) is 0. The molecule has 0 saturated carbocycles. The summed E-state index contributed by atoms with van der Waals surface area (Å²) in [5.74, 6) is 0.404. The van der Waals surface area contributed by atoms with E-state index in [1.807, 2.05) is 0 Å². The highest BCUT2D eigenvalue weighted by Crippen LogP contribution is 2.18. The zero-order chi connectivity index (χ0) is 16.9. The molecule has 0 spiro atoms. The molecule has 1 aliphatic heterocycles. The summed E-state index contributed by atoms with van der Waals surface area (Å²) in [4.78, 5) is 26.5. The minimum absolute atomic E-state index is 0.0736. The lowest BCUT2D eigenvalue weighted by Crippen LogP contribution is -2.44. The number of carbonyl (C=O) groups excluding carboxylic acids is 1. The third-order valence-corrected chi connectivity index (χ3v) is 3.92. The summed E-state index contributed by atoms with van der Waals surface area (Å²) < 4.78 is 10.8. The maximum Gasteiger partial charge on any atom is 0.316 e. The Morgan fingerprint density at radius 2 is 2.04 bits per heavy atom. The molecule has 1 aliphatic rings. The van der Waals surface area contributed by atoms with Gasteiger partial charge in [0.1, 0.15) is 6.10 Å². The third-order valence-electron chi connectivity index (χ3n) is 3.73. The van der Waals surface area contributed by atoms with Crippen LogP contribution in [0.25, 0.3) is 0 Å². The van der Waals surface area contributed by atoms with Crippen LogP contribution in [0.3, 0.4) is 0 Å². The van der Waals surface area contributed by atoms with Gasteiger partial charge in [-0.2, -0.15) is 0 Å². The Morgan fingerprint density at radius 3 is 2.71 bits per heavy atom. The highest BCUT2D eigenvalue weighted by molar-refractivity contribution is 6.30. The molecule has 1 amide bonds. The average molecular weight is 349 g/mol. The molecule has 2 aromatic heterocycles. The van der Waals surface area contributed by atoms with E-state index in [0.29, 0.717) is 29.6 Å². The van der Waals surface area contributed by atoms with Crippen molar-refractivity contribution in [2.24, 2.45) is 0 Å². The Bertz CT molecular complexity index is 693. The molecule has 1 atom stereocenters. The van der Waals surface area contributed by atoms with Crippen LogP contribution in [-0.4, -0.2) is 52.1 Å². The lowest BCUT2D eigenvalue weighted by Gasteiger charge is -2.32. The van der Waals surface area contributed by atoms with Gasteiger partial charge >= 0.3 is 6.01 Å². The van der Waals surface area contributed by atoms with E-state index in [1.165, 1.54) is 25.7 Å². The minimum Gasteiger partial charge on any atom is -0.481 e. The van der Waals surface area contributed by atoms with Crippen molar-refractivity contribution in [3.63, 3.8) is 0 Å². The van der Waals surface area contributed by atoms with Gasteiger partial charge in [0, 0.05) is 18.8 Å². The minimum atomic E-state index is -0.143. The Balaban J connectivity index is 1.63. The van der Waals surface area contributed by atoms with Gasteiger partial charge in [-0.05, 0) is 18.9 Å². The van der Waals surface area contributed by atoms with Crippen LogP contribution in [0.5, 0.6) is 11.9 Å². The number of nitrogens with zero attached hydrogens (tertiary/aromatic N) is 4. The molecule has 1 unspecified atom stereocenters. The number of likely N-dealkylation sites (tertiary alicyclic amines) is 1. The molecular formula is C16H17ClN4O3. The first-order valence-corrected chi connectivity index (χ1v) is 7.97. The van der Waals surface area contributed by atoms with Crippen molar-refractivity contribution >= 4 is 17.5 Å². The van der Waals surface area contributed by atoms with Gasteiger partial charge in [-0.15, -0.1) is 0 Å². The van der Waals surface area contributed by atoms with Gasteiger partial charge in [-0.25, -0.2) is 15.0 Å². The number of carbonyl (C=O) groups is 1. The molecule has 1 fully saturated rings. The van der Waals surface area contributed by atoms with E-state index >= 15 is 0 Å². The summed E-state index contributed by atoms with van der Waals surface area (Å²) in [5, 5.41) is 0.454. The summed E-state index contributed by atoms with van der Waals surface area (Å²) in [7, 11) is 1.54. The molecule has 1 saturated heterocycles. The fourth-order valence-corrected chi connectivity index (χ4v) is 2.64. The molecule has 8 heteroatoms. The molecule has 7 nitrogen and oxygen atoms in total. The second-order valence-electron chi connectivity index (χ2n) is 5.41. The molecule has 0 aromatic carbocycles. The summed E-state index contributed by atoms with van der Waals surface area (Å²) in [6, 6.07) is 3.65. The van der Waals surface area contributed by atoms with Crippen molar-refractivity contribution in [1.29, 1.82) is 0 Å². The van der Waals surface area contributed by atoms with Crippen LogP contribution >= 0.6 is 11.6 Å². The highest BCUT2D eigenvalue weighted by atomic mass is 35.5. The molecule has 3 rings (SSSR count). The number of hydrogen-bond acceptors (Lipinski definition) is 6. The van der Waals surface area contributed by atoms with E-state index in [1.54, 1.807) is 17.0 Å². The van der Waals surface area contributed by atoms with Crippen LogP contribution < -0.4 is 9.47 Å². The van der Waals surface area contributed by atoms with Crippen molar-refractivity contribution in [3.8, 4) is 11.9 Å². The van der Waals surface area contributed by atoms with E-state index in [-0.39, 0.29) is 18.0 Å². The first kappa shape index (κ1) is 16.4. The second kappa shape index (κ2) is 7.44. The van der Waals surface area contributed by atoms with E-state index in [9.17, 15) is 4.79 Å². The standard InChI is InChI=1S/C16H17ClN4O3/c1-23-14-5-4-11(7-18-14)15(22)21-6-2-3-13(10-21)24-16-19-8-12(17)9-20-16/h4-5,7-9,13H,2-3,6,10H2,1H3. The Labute approximate surface area is 144 Å². The van der Waals surface area contributed by atoms with Gasteiger partial charge < -0.3 is 14.4 Å². The van der Waals surface area contributed by atoms with Gasteiger partial charge in [0.05, 0.1) is 36.6 Å². The molecule has 0 aliphatic carbocycles. The Morgan fingerprint density at radius 1 is 1.25 bits per heavy atom. The number of pyridine rings is 1. The van der Waals surface area contributed by atoms with Crippen molar-refractivity contribution in [1.82, 2.24) is 19.9 Å². The molecule has 0 radical (unpaired) electrons. The number of amides is 1. The molecule has 0 N–H and O–H groups in total. The predicted molar refractivity (Wildman–Crippen MR) is 87.4 cm³/mol. The average Bonchev–Trinajstić information content (AvgIpc) is 2.63. The number of ether oxygens (including phenoxy) is 2. The van der Waals surface area contributed by atoms with Crippen molar-refractivity contribution < 1.29 is 14.3 Å². The van der Waals surface area contributed by atoms with Crippen LogP contribution in [0, 0.1) is 0 Å². The van der Waals surface area contributed by atoms with Crippen LogP contribution in [0.15, 0.2) is 30.7 Å². The lowest BCUT2D eigenvalue weighted by atomic mass is 10.1. The molecule has 126 valence electrons. The number of rotatable bonds is 4. The predicted octanol–water partition coefficient (Wildman–Crippen LogP) is 2.22. The number of methoxy groups -OCH3 is 1. The van der Waals surface area contributed by atoms with Crippen LogP contribution in [0.4, 0.5) is 0 Å². The fourth-order valence-electron chi connectivity index (χ4n) is 2.54. The first-order chi connectivity index (χ1) is 11.7. The first-order valence-electron chi connectivity index (χ1n) is 7.59. The smallest absolute Gasteiger partial charge is 0.316 e. The number of piperidine rings is 1. The summed E-state index contributed by atoms with van der Waals surface area (Å²) >= 11 is 5.76. The van der Waals surface area contributed by atoms with Gasteiger partial charge in [-0.3, -0.25) is 4.79 Å². The molecule has 24 heavy (non-hydrogen) atoms. The Kier molecular flexibility index (Phi) is 5.10. The van der Waals surface area contributed by atoms with Gasteiger partial charge in [0.2, 0.25) is 5.88 Å². The van der Waals surface area contributed by atoms with E-state index in [4.69, 9.17) is 21.1 Å². The number of aromatic nitrogens is 3. The molecule has 0 bridgehead atoms. The zero-order valence-corrected chi connectivity index (χ0v) is 13.9. The Hall–Kier alpha value is -2.41. The van der Waals surface area contributed by atoms with E-state index in [0.717, 1.165) is 12.8 Å². The van der Waals surface area contributed by atoms with Crippen molar-refractivity contribution in [2.45, 2.75) is 18.9 Å². The van der Waals surface area contributed by atoms with E-state index in [2.05, 4.69) is 15.0 Å². The van der Waals surface area contributed by atoms with Crippen molar-refractivity contribution in [2.75, 3.05) is 20.2 Å². The van der Waals surface area contributed by atoms with Crippen molar-refractivity contribution in [3.05, 3.63) is 41.3 Å². The van der Waals surface area contributed by atoms with E-state index < -0.39 is 0 Å². The van der Waals surface area contributed by atoms with Crippen LogP contribution in [0.2, 0.25) is 5.02 Å². The maximum atomic E-state index is 12.6. The van der Waals surface area contributed by atoms with Gasteiger partial charge in [0.15, 0.2) is 0 Å². The fraction of sp³-hybridized carbons (Fsp3) is 0.375. The maximum absolute atomic E-state index is 12.6. The van der Waals surface area contributed by atoms with Gasteiger partial charge in [-0.1, -0.05) is 11.6 Å². The van der Waals surface area contributed by atoms with Crippen LogP contribution in [0.1, 0.15) is 23.2 Å². The van der Waals surface area contributed by atoms with Crippen LogP contribution in [-0.2, 0) is 0 Å². The number of halogens is 1. The molecule has 3 heterocycles. The highest BCUT2D eigenvalue weighted by Gasteiger charge is 2.26. The normalized spacial score (nSPS) is 17.4. The molecular weight excluding hydrogens is 332 g/mol. The summed E-state index contributed by atoms with van der Waals surface area (Å²) in [5.41, 5.74) is 0.527. The summed E-state index contributed by atoms with van der Waals surface area (Å²) in [6.07, 6.45) is 6.05. The van der Waals surface area contributed by atoms with Gasteiger partial charge in [0.25, 0.3) is 5.91 Å². The third kappa shape index (κ3) is 3.91. The molecule has 2 aromatic rings. The largest absolute Gasteiger partial charge is 0.481 e.